The quantitative estimate of drug-likeness (QED) is 0.895. The first-order chi connectivity index (χ1) is 10.8. The molecule has 3 heterocycles. The number of benzene rings is 1. The molecular weight excluding hydrogens is 278 g/mol. The van der Waals surface area contributed by atoms with Crippen molar-refractivity contribution in [3.05, 3.63) is 40.6 Å². The van der Waals surface area contributed by atoms with Crippen LogP contribution in [0.15, 0.2) is 18.2 Å². The Labute approximate surface area is 128 Å². The molecule has 1 fully saturated rings. The minimum Gasteiger partial charge on any atom is -0.493 e. The summed E-state index contributed by atoms with van der Waals surface area (Å²) >= 11 is 0. The van der Waals surface area contributed by atoms with E-state index in [4.69, 9.17) is 4.74 Å². The number of carbonyl (C=O) groups excluding carboxylic acids is 1. The number of ether oxygens (including phenoxy) is 1. The number of hydrogen-bond donors (Lipinski definition) is 2. The number of nitrogens with one attached hydrogen (secondary N) is 2. The molecule has 0 saturated heterocycles. The minimum absolute atomic E-state index is 0.0445. The van der Waals surface area contributed by atoms with Gasteiger partial charge in [0.1, 0.15) is 5.75 Å². The molecule has 1 aromatic carbocycles. The predicted octanol–water partition coefficient (Wildman–Crippen LogP) is 2.70. The van der Waals surface area contributed by atoms with Gasteiger partial charge < -0.3 is 10.1 Å². The minimum atomic E-state index is 0.0445. The summed E-state index contributed by atoms with van der Waals surface area (Å²) in [6, 6.07) is 6.35. The number of hydrogen-bond acceptors (Lipinski definition) is 3. The van der Waals surface area contributed by atoms with E-state index in [1.807, 2.05) is 6.07 Å². The van der Waals surface area contributed by atoms with Gasteiger partial charge in [-0.05, 0) is 30.0 Å². The number of carbonyl (C=O) groups is 1. The van der Waals surface area contributed by atoms with Crippen LogP contribution in [0.4, 0.5) is 5.82 Å². The third kappa shape index (κ3) is 1.78. The van der Waals surface area contributed by atoms with Crippen molar-refractivity contribution in [2.24, 2.45) is 0 Å². The van der Waals surface area contributed by atoms with Crippen molar-refractivity contribution >= 4 is 11.7 Å². The van der Waals surface area contributed by atoms with E-state index in [2.05, 4.69) is 27.6 Å². The van der Waals surface area contributed by atoms with Crippen molar-refractivity contribution in [3.8, 4) is 5.75 Å². The van der Waals surface area contributed by atoms with Gasteiger partial charge in [0.25, 0.3) is 0 Å². The van der Waals surface area contributed by atoms with Crippen LogP contribution in [0.25, 0.3) is 0 Å². The molecule has 22 heavy (non-hydrogen) atoms. The molecule has 1 saturated carbocycles. The summed E-state index contributed by atoms with van der Waals surface area (Å²) in [6.07, 6.45) is 3.88. The lowest BCUT2D eigenvalue weighted by Gasteiger charge is -2.24. The molecule has 2 aliphatic heterocycles. The number of rotatable bonds is 2. The van der Waals surface area contributed by atoms with Gasteiger partial charge in [-0.1, -0.05) is 12.1 Å². The molecule has 1 atom stereocenters. The van der Waals surface area contributed by atoms with Gasteiger partial charge in [-0.25, -0.2) is 0 Å². The summed E-state index contributed by atoms with van der Waals surface area (Å²) < 4.78 is 5.59. The summed E-state index contributed by atoms with van der Waals surface area (Å²) in [7, 11) is 0. The molecule has 112 valence electrons. The average Bonchev–Trinajstić information content (AvgIpc) is 3.10. The zero-order valence-corrected chi connectivity index (χ0v) is 12.2. The fourth-order valence-electron chi connectivity index (χ4n) is 3.67. The number of nitrogens with zero attached hydrogens (tertiary/aromatic N) is 1. The van der Waals surface area contributed by atoms with E-state index in [1.54, 1.807) is 0 Å². The Morgan fingerprint density at radius 3 is 3.05 bits per heavy atom. The molecule has 1 aliphatic carbocycles. The second-order valence-electron chi connectivity index (χ2n) is 6.44. The van der Waals surface area contributed by atoms with E-state index in [9.17, 15) is 4.79 Å². The fourth-order valence-corrected chi connectivity index (χ4v) is 3.67. The largest absolute Gasteiger partial charge is 0.493 e. The van der Waals surface area contributed by atoms with Gasteiger partial charge in [0, 0.05) is 35.9 Å². The number of fused-ring (bicyclic) bond motifs is 2. The predicted molar refractivity (Wildman–Crippen MR) is 81.3 cm³/mol. The Bertz CT molecular complexity index is 776. The Morgan fingerprint density at radius 1 is 1.27 bits per heavy atom. The van der Waals surface area contributed by atoms with E-state index in [1.165, 1.54) is 35.2 Å². The standard InChI is InChI=1S/C17H17N3O2/c21-14-8-12(10-3-4-13-11(7-10)5-6-22-13)15-16(9-1-2-9)19-20-17(15)18-14/h3-4,7,9,12H,1-2,5-6,8H2,(H2,18,19,20,21). The van der Waals surface area contributed by atoms with Crippen molar-refractivity contribution in [3.63, 3.8) is 0 Å². The molecule has 5 rings (SSSR count). The van der Waals surface area contributed by atoms with Crippen molar-refractivity contribution in [1.29, 1.82) is 0 Å². The van der Waals surface area contributed by atoms with Crippen LogP contribution in [0.5, 0.6) is 5.75 Å². The number of H-pyrrole nitrogens is 1. The van der Waals surface area contributed by atoms with Gasteiger partial charge in [0.15, 0.2) is 5.82 Å². The lowest BCUT2D eigenvalue weighted by molar-refractivity contribution is -0.116. The average molecular weight is 295 g/mol. The van der Waals surface area contributed by atoms with Gasteiger partial charge >= 0.3 is 0 Å². The van der Waals surface area contributed by atoms with Crippen LogP contribution >= 0.6 is 0 Å². The maximum Gasteiger partial charge on any atom is 0.226 e. The SMILES string of the molecule is O=C1CC(c2ccc3c(c2)CCO3)c2c(n[nH]c2C2CC2)N1. The third-order valence-electron chi connectivity index (χ3n) is 4.93. The van der Waals surface area contributed by atoms with E-state index in [0.717, 1.165) is 24.6 Å². The van der Waals surface area contributed by atoms with Gasteiger partial charge in [-0.3, -0.25) is 9.89 Å². The Hall–Kier alpha value is -2.30. The first kappa shape index (κ1) is 12.3. The lowest BCUT2D eigenvalue weighted by Crippen LogP contribution is -2.23. The summed E-state index contributed by atoms with van der Waals surface area (Å²) in [5.74, 6) is 2.44. The second kappa shape index (κ2) is 4.35. The highest BCUT2D eigenvalue weighted by atomic mass is 16.5. The Kier molecular flexibility index (Phi) is 2.42. The molecule has 3 aliphatic rings. The van der Waals surface area contributed by atoms with Crippen LogP contribution in [0.1, 0.15) is 53.5 Å². The highest BCUT2D eigenvalue weighted by molar-refractivity contribution is 5.94. The smallest absolute Gasteiger partial charge is 0.226 e. The highest BCUT2D eigenvalue weighted by Gasteiger charge is 2.37. The highest BCUT2D eigenvalue weighted by Crippen LogP contribution is 2.48. The van der Waals surface area contributed by atoms with Crippen LogP contribution in [0.2, 0.25) is 0 Å². The number of aromatic nitrogens is 2. The monoisotopic (exact) mass is 295 g/mol. The van der Waals surface area contributed by atoms with Gasteiger partial charge in [-0.2, -0.15) is 5.10 Å². The van der Waals surface area contributed by atoms with E-state index in [0.29, 0.717) is 12.3 Å². The lowest BCUT2D eigenvalue weighted by atomic mass is 9.84. The molecule has 1 amide bonds. The zero-order chi connectivity index (χ0) is 14.7. The maximum atomic E-state index is 12.0. The normalized spacial score (nSPS) is 22.7. The van der Waals surface area contributed by atoms with Crippen molar-refractivity contribution < 1.29 is 9.53 Å². The summed E-state index contributed by atoms with van der Waals surface area (Å²) in [5, 5.41) is 10.4. The molecule has 1 aromatic heterocycles. The Balaban J connectivity index is 1.62. The molecule has 1 unspecified atom stereocenters. The molecular formula is C17H17N3O2. The molecule has 2 aromatic rings. The summed E-state index contributed by atoms with van der Waals surface area (Å²) in [4.78, 5) is 12.0. The van der Waals surface area contributed by atoms with Gasteiger partial charge in [0.05, 0.1) is 6.61 Å². The van der Waals surface area contributed by atoms with Crippen molar-refractivity contribution in [2.75, 3.05) is 11.9 Å². The van der Waals surface area contributed by atoms with E-state index >= 15 is 0 Å². The topological polar surface area (TPSA) is 67.0 Å². The molecule has 2 N–H and O–H groups in total. The van der Waals surface area contributed by atoms with Crippen molar-refractivity contribution in [2.45, 2.75) is 37.5 Å². The fraction of sp³-hybridized carbons (Fsp3) is 0.412. The summed E-state index contributed by atoms with van der Waals surface area (Å²) in [5.41, 5.74) is 4.86. The van der Waals surface area contributed by atoms with Gasteiger partial charge in [-0.15, -0.1) is 0 Å². The zero-order valence-electron chi connectivity index (χ0n) is 12.2. The number of aromatic amines is 1. The van der Waals surface area contributed by atoms with Crippen LogP contribution in [0, 0.1) is 0 Å². The first-order valence-electron chi connectivity index (χ1n) is 7.93. The molecule has 0 spiro atoms. The van der Waals surface area contributed by atoms with Crippen LogP contribution in [-0.2, 0) is 11.2 Å². The van der Waals surface area contributed by atoms with Crippen LogP contribution in [-0.4, -0.2) is 22.7 Å². The third-order valence-corrected chi connectivity index (χ3v) is 4.93. The molecule has 0 radical (unpaired) electrons. The van der Waals surface area contributed by atoms with Crippen LogP contribution < -0.4 is 10.1 Å². The van der Waals surface area contributed by atoms with E-state index < -0.39 is 0 Å². The second-order valence-corrected chi connectivity index (χ2v) is 6.44. The first-order valence-corrected chi connectivity index (χ1v) is 7.93. The Morgan fingerprint density at radius 2 is 2.18 bits per heavy atom. The van der Waals surface area contributed by atoms with E-state index in [-0.39, 0.29) is 11.8 Å². The molecule has 5 heteroatoms. The summed E-state index contributed by atoms with van der Waals surface area (Å²) in [6.45, 7) is 0.758. The number of anilines is 1. The van der Waals surface area contributed by atoms with Crippen LogP contribution in [0.3, 0.4) is 0 Å². The molecule has 5 nitrogen and oxygen atoms in total. The number of amides is 1. The van der Waals surface area contributed by atoms with Gasteiger partial charge in [0.2, 0.25) is 5.91 Å². The van der Waals surface area contributed by atoms with Crippen molar-refractivity contribution in [1.82, 2.24) is 10.2 Å². The maximum absolute atomic E-state index is 12.0. The molecule has 0 bridgehead atoms.